The molecule has 1 aromatic heterocycles. The van der Waals surface area contributed by atoms with E-state index in [1.54, 1.807) is 6.92 Å². The van der Waals surface area contributed by atoms with Crippen LogP contribution in [-0.4, -0.2) is 9.78 Å². The van der Waals surface area contributed by atoms with Crippen LogP contribution < -0.4 is 5.73 Å². The zero-order valence-corrected chi connectivity index (χ0v) is 9.09. The van der Waals surface area contributed by atoms with E-state index in [4.69, 9.17) is 17.3 Å². The minimum Gasteiger partial charge on any atom is -0.399 e. The quantitative estimate of drug-likeness (QED) is 0.783. The van der Waals surface area contributed by atoms with Gasteiger partial charge in [0.05, 0.1) is 10.7 Å². The molecule has 0 amide bonds. The molecule has 1 aromatic carbocycles. The standard InChI is InChI=1S/C10H8ClF2N3/c1-5-7(11)4-16(15-5)10-8(12)2-6(14)3-9(10)13/h2-4H,14H2,1H3. The van der Waals surface area contributed by atoms with Gasteiger partial charge >= 0.3 is 0 Å². The zero-order valence-electron chi connectivity index (χ0n) is 8.34. The number of anilines is 1. The fraction of sp³-hybridized carbons (Fsp3) is 0.100. The van der Waals surface area contributed by atoms with Crippen molar-refractivity contribution >= 4 is 17.3 Å². The minimum atomic E-state index is -0.781. The van der Waals surface area contributed by atoms with Crippen molar-refractivity contribution in [2.45, 2.75) is 6.92 Å². The first-order chi connectivity index (χ1) is 7.49. The second-order valence-electron chi connectivity index (χ2n) is 3.34. The summed E-state index contributed by atoms with van der Waals surface area (Å²) in [6, 6.07) is 2.06. The molecule has 0 aliphatic heterocycles. The predicted molar refractivity (Wildman–Crippen MR) is 57.6 cm³/mol. The number of nitrogen functional groups attached to an aromatic ring is 1. The highest BCUT2D eigenvalue weighted by molar-refractivity contribution is 6.31. The van der Waals surface area contributed by atoms with Crippen molar-refractivity contribution in [3.05, 3.63) is 40.7 Å². The van der Waals surface area contributed by atoms with Crippen LogP contribution in [0.1, 0.15) is 5.69 Å². The lowest BCUT2D eigenvalue weighted by Crippen LogP contribution is -2.03. The van der Waals surface area contributed by atoms with Crippen LogP contribution in [0, 0.1) is 18.6 Å². The topological polar surface area (TPSA) is 43.8 Å². The van der Waals surface area contributed by atoms with Gasteiger partial charge in [-0.15, -0.1) is 0 Å². The van der Waals surface area contributed by atoms with Gasteiger partial charge in [0.1, 0.15) is 5.69 Å². The van der Waals surface area contributed by atoms with E-state index in [0.29, 0.717) is 10.7 Å². The van der Waals surface area contributed by atoms with Crippen LogP contribution in [-0.2, 0) is 0 Å². The first kappa shape index (κ1) is 10.9. The molecule has 0 atom stereocenters. The molecule has 0 fully saturated rings. The second-order valence-corrected chi connectivity index (χ2v) is 3.75. The van der Waals surface area contributed by atoms with Gasteiger partial charge in [-0.05, 0) is 19.1 Å². The summed E-state index contributed by atoms with van der Waals surface area (Å²) in [6.07, 6.45) is 1.34. The molecule has 0 saturated heterocycles. The smallest absolute Gasteiger partial charge is 0.153 e. The van der Waals surface area contributed by atoms with Crippen molar-refractivity contribution in [3.8, 4) is 5.69 Å². The molecule has 1 heterocycles. The monoisotopic (exact) mass is 243 g/mol. The van der Waals surface area contributed by atoms with E-state index < -0.39 is 11.6 Å². The number of hydrogen-bond donors (Lipinski definition) is 1. The third-order valence-corrected chi connectivity index (χ3v) is 2.48. The Morgan fingerprint density at radius 2 is 1.88 bits per heavy atom. The highest BCUT2D eigenvalue weighted by Gasteiger charge is 2.14. The number of halogens is 3. The first-order valence-corrected chi connectivity index (χ1v) is 4.83. The van der Waals surface area contributed by atoms with E-state index in [1.807, 2.05) is 0 Å². The molecule has 0 aliphatic carbocycles. The summed E-state index contributed by atoms with van der Waals surface area (Å²) in [4.78, 5) is 0. The summed E-state index contributed by atoms with van der Waals surface area (Å²) in [5.74, 6) is -1.56. The van der Waals surface area contributed by atoms with Gasteiger partial charge < -0.3 is 5.73 Å². The van der Waals surface area contributed by atoms with E-state index in [-0.39, 0.29) is 11.4 Å². The van der Waals surface area contributed by atoms with Crippen LogP contribution >= 0.6 is 11.6 Å². The Morgan fingerprint density at radius 1 is 1.31 bits per heavy atom. The molecule has 0 radical (unpaired) electrons. The molecule has 0 saturated carbocycles. The largest absolute Gasteiger partial charge is 0.399 e. The molecular formula is C10H8ClF2N3. The maximum absolute atomic E-state index is 13.5. The van der Waals surface area contributed by atoms with E-state index in [0.717, 1.165) is 16.8 Å². The predicted octanol–water partition coefficient (Wildman–Crippen LogP) is 2.69. The summed E-state index contributed by atoms with van der Waals surface area (Å²) in [5, 5.41) is 4.24. The van der Waals surface area contributed by atoms with Crippen molar-refractivity contribution in [1.82, 2.24) is 9.78 Å². The molecule has 2 rings (SSSR count). The van der Waals surface area contributed by atoms with Crippen LogP contribution in [0.15, 0.2) is 18.3 Å². The Morgan fingerprint density at radius 3 is 2.31 bits per heavy atom. The number of rotatable bonds is 1. The molecule has 0 aliphatic rings. The van der Waals surface area contributed by atoms with E-state index in [1.165, 1.54) is 6.20 Å². The Kier molecular flexibility index (Phi) is 2.55. The minimum absolute atomic E-state index is 0.0220. The number of nitrogens with zero attached hydrogens (tertiary/aromatic N) is 2. The molecule has 3 nitrogen and oxygen atoms in total. The fourth-order valence-corrected chi connectivity index (χ4v) is 1.49. The highest BCUT2D eigenvalue weighted by atomic mass is 35.5. The molecule has 16 heavy (non-hydrogen) atoms. The highest BCUT2D eigenvalue weighted by Crippen LogP contribution is 2.23. The van der Waals surface area contributed by atoms with E-state index >= 15 is 0 Å². The number of aromatic nitrogens is 2. The zero-order chi connectivity index (χ0) is 11.9. The van der Waals surface area contributed by atoms with Crippen LogP contribution in [0.25, 0.3) is 5.69 Å². The molecule has 6 heteroatoms. The average Bonchev–Trinajstić information content (AvgIpc) is 2.44. The lowest BCUT2D eigenvalue weighted by atomic mass is 10.2. The normalized spacial score (nSPS) is 10.8. The van der Waals surface area contributed by atoms with Gasteiger partial charge in [0.25, 0.3) is 0 Å². The molecular weight excluding hydrogens is 236 g/mol. The maximum atomic E-state index is 13.5. The Balaban J connectivity index is 2.64. The SMILES string of the molecule is Cc1nn(-c2c(F)cc(N)cc2F)cc1Cl. The van der Waals surface area contributed by atoms with Crippen LogP contribution in [0.5, 0.6) is 0 Å². The Bertz CT molecular complexity index is 508. The average molecular weight is 244 g/mol. The molecule has 84 valence electrons. The maximum Gasteiger partial charge on any atom is 0.153 e. The molecule has 0 spiro atoms. The summed E-state index contributed by atoms with van der Waals surface area (Å²) < 4.78 is 28.1. The van der Waals surface area contributed by atoms with Gasteiger partial charge in [-0.25, -0.2) is 13.5 Å². The summed E-state index contributed by atoms with van der Waals surface area (Å²) in [5.41, 5.74) is 5.54. The first-order valence-electron chi connectivity index (χ1n) is 4.45. The molecule has 0 unspecified atom stereocenters. The number of nitrogens with two attached hydrogens (primary N) is 1. The van der Waals surface area contributed by atoms with Gasteiger partial charge in [0.2, 0.25) is 0 Å². The molecule has 0 bridgehead atoms. The van der Waals surface area contributed by atoms with Gasteiger partial charge in [0.15, 0.2) is 11.6 Å². The van der Waals surface area contributed by atoms with Crippen LogP contribution in [0.4, 0.5) is 14.5 Å². The third kappa shape index (κ3) is 1.74. The third-order valence-electron chi connectivity index (χ3n) is 2.11. The van der Waals surface area contributed by atoms with Gasteiger partial charge in [-0.3, -0.25) is 0 Å². The van der Waals surface area contributed by atoms with Gasteiger partial charge in [-0.1, -0.05) is 11.6 Å². The lowest BCUT2D eigenvalue weighted by molar-refractivity contribution is 0.560. The molecule has 2 N–H and O–H groups in total. The van der Waals surface area contributed by atoms with Crippen LogP contribution in [0.2, 0.25) is 5.02 Å². The number of benzene rings is 1. The van der Waals surface area contributed by atoms with Crippen molar-refractivity contribution in [2.75, 3.05) is 5.73 Å². The van der Waals surface area contributed by atoms with Crippen molar-refractivity contribution in [2.24, 2.45) is 0 Å². The second kappa shape index (κ2) is 3.75. The van der Waals surface area contributed by atoms with Crippen molar-refractivity contribution in [3.63, 3.8) is 0 Å². The lowest BCUT2D eigenvalue weighted by Gasteiger charge is -2.05. The number of hydrogen-bond acceptors (Lipinski definition) is 2. The fourth-order valence-electron chi connectivity index (χ4n) is 1.36. The van der Waals surface area contributed by atoms with Crippen molar-refractivity contribution in [1.29, 1.82) is 0 Å². The van der Waals surface area contributed by atoms with Gasteiger partial charge in [0, 0.05) is 11.9 Å². The van der Waals surface area contributed by atoms with E-state index in [9.17, 15) is 8.78 Å². The Labute approximate surface area is 95.4 Å². The van der Waals surface area contributed by atoms with Gasteiger partial charge in [-0.2, -0.15) is 5.10 Å². The summed E-state index contributed by atoms with van der Waals surface area (Å²) in [7, 11) is 0. The summed E-state index contributed by atoms with van der Waals surface area (Å²) >= 11 is 5.76. The number of aryl methyl sites for hydroxylation is 1. The van der Waals surface area contributed by atoms with E-state index in [2.05, 4.69) is 5.10 Å². The summed E-state index contributed by atoms with van der Waals surface area (Å²) in [6.45, 7) is 1.64. The Hall–Kier alpha value is -1.62. The molecule has 2 aromatic rings. The van der Waals surface area contributed by atoms with Crippen molar-refractivity contribution < 1.29 is 8.78 Å². The van der Waals surface area contributed by atoms with Crippen LogP contribution in [0.3, 0.4) is 0 Å².